The van der Waals surface area contributed by atoms with Gasteiger partial charge in [-0.1, -0.05) is 10.4 Å². The molecule has 2 aromatic rings. The van der Waals surface area contributed by atoms with E-state index in [2.05, 4.69) is 20.8 Å². The van der Waals surface area contributed by atoms with Crippen LogP contribution in [0.4, 0.5) is 5.82 Å². The first kappa shape index (κ1) is 12.2. The number of hydrogen-bond donors (Lipinski definition) is 2. The summed E-state index contributed by atoms with van der Waals surface area (Å²) in [4.78, 5) is 11.6. The molecule has 0 fully saturated rings. The van der Waals surface area contributed by atoms with Gasteiger partial charge in [-0.05, 0) is 6.92 Å². The zero-order valence-corrected chi connectivity index (χ0v) is 9.83. The van der Waals surface area contributed by atoms with Gasteiger partial charge >= 0.3 is 0 Å². The molecular weight excluding hydrogens is 238 g/mol. The SMILES string of the molecule is Cc1cc(NC(=O)CCn2cc(CO)nn2)no1. The van der Waals surface area contributed by atoms with Crippen LogP contribution in [0.2, 0.25) is 0 Å². The van der Waals surface area contributed by atoms with E-state index in [0.717, 1.165) is 0 Å². The van der Waals surface area contributed by atoms with Crippen LogP contribution in [0.25, 0.3) is 0 Å². The maximum Gasteiger partial charge on any atom is 0.227 e. The van der Waals surface area contributed by atoms with Crippen LogP contribution in [0.1, 0.15) is 17.9 Å². The molecule has 0 atom stereocenters. The van der Waals surface area contributed by atoms with E-state index in [1.165, 1.54) is 4.68 Å². The van der Waals surface area contributed by atoms with Crippen LogP contribution >= 0.6 is 0 Å². The summed E-state index contributed by atoms with van der Waals surface area (Å²) in [5.41, 5.74) is 0.475. The Kier molecular flexibility index (Phi) is 3.68. The predicted molar refractivity (Wildman–Crippen MR) is 60.4 cm³/mol. The van der Waals surface area contributed by atoms with E-state index in [0.29, 0.717) is 23.8 Å². The molecule has 2 aromatic heterocycles. The number of carbonyl (C=O) groups excluding carboxylic acids is 1. The molecule has 0 aromatic carbocycles. The molecule has 96 valence electrons. The maximum absolute atomic E-state index is 11.6. The number of anilines is 1. The molecule has 8 heteroatoms. The van der Waals surface area contributed by atoms with Crippen LogP contribution in [-0.4, -0.2) is 31.2 Å². The summed E-state index contributed by atoms with van der Waals surface area (Å²) in [5.74, 6) is 0.839. The van der Waals surface area contributed by atoms with Crippen molar-refractivity contribution < 1.29 is 14.4 Å². The number of rotatable bonds is 5. The van der Waals surface area contributed by atoms with Gasteiger partial charge in [0.05, 0.1) is 19.3 Å². The van der Waals surface area contributed by atoms with Crippen molar-refractivity contribution >= 4 is 11.7 Å². The van der Waals surface area contributed by atoms with Crippen molar-refractivity contribution in [3.8, 4) is 0 Å². The van der Waals surface area contributed by atoms with Crippen molar-refractivity contribution in [2.24, 2.45) is 0 Å². The lowest BCUT2D eigenvalue weighted by Crippen LogP contribution is -2.14. The highest BCUT2D eigenvalue weighted by Gasteiger charge is 2.07. The average Bonchev–Trinajstić information content (AvgIpc) is 2.95. The fraction of sp³-hybridized carbons (Fsp3) is 0.400. The van der Waals surface area contributed by atoms with Gasteiger partial charge in [0, 0.05) is 12.5 Å². The Morgan fingerprint density at radius 3 is 3.06 bits per heavy atom. The molecule has 2 N–H and O–H groups in total. The van der Waals surface area contributed by atoms with Gasteiger partial charge in [-0.2, -0.15) is 0 Å². The third-order valence-electron chi connectivity index (χ3n) is 2.21. The highest BCUT2D eigenvalue weighted by atomic mass is 16.5. The smallest absolute Gasteiger partial charge is 0.227 e. The van der Waals surface area contributed by atoms with Crippen LogP contribution in [0, 0.1) is 6.92 Å². The highest BCUT2D eigenvalue weighted by molar-refractivity contribution is 5.89. The van der Waals surface area contributed by atoms with E-state index in [9.17, 15) is 4.79 Å². The van der Waals surface area contributed by atoms with Gasteiger partial charge in [0.1, 0.15) is 11.5 Å². The topological polar surface area (TPSA) is 106 Å². The molecule has 0 saturated heterocycles. The van der Waals surface area contributed by atoms with E-state index in [1.54, 1.807) is 19.2 Å². The van der Waals surface area contributed by atoms with Gasteiger partial charge in [0.15, 0.2) is 5.82 Å². The van der Waals surface area contributed by atoms with E-state index in [4.69, 9.17) is 9.63 Å². The normalized spacial score (nSPS) is 10.6. The Bertz CT molecular complexity index is 533. The Balaban J connectivity index is 1.81. The molecule has 0 unspecified atom stereocenters. The molecular formula is C10H13N5O3. The summed E-state index contributed by atoms with van der Waals surface area (Å²) in [5, 5.41) is 22.5. The molecule has 2 heterocycles. The largest absolute Gasteiger partial charge is 0.390 e. The molecule has 2 rings (SSSR count). The number of aliphatic hydroxyl groups excluding tert-OH is 1. The van der Waals surface area contributed by atoms with E-state index in [-0.39, 0.29) is 18.9 Å². The van der Waals surface area contributed by atoms with Gasteiger partial charge < -0.3 is 14.9 Å². The second kappa shape index (κ2) is 5.41. The van der Waals surface area contributed by atoms with Crippen molar-refractivity contribution in [1.82, 2.24) is 20.2 Å². The number of amides is 1. The zero-order valence-electron chi connectivity index (χ0n) is 9.83. The van der Waals surface area contributed by atoms with Gasteiger partial charge in [-0.25, -0.2) is 0 Å². The monoisotopic (exact) mass is 251 g/mol. The quantitative estimate of drug-likeness (QED) is 0.780. The number of nitrogens with one attached hydrogen (secondary N) is 1. The molecule has 0 aliphatic rings. The summed E-state index contributed by atoms with van der Waals surface area (Å²) in [7, 11) is 0. The van der Waals surface area contributed by atoms with Crippen molar-refractivity contribution in [2.75, 3.05) is 5.32 Å². The first-order chi connectivity index (χ1) is 8.67. The standard InChI is InChI=1S/C10H13N5O3/c1-7-4-9(13-18-7)11-10(17)2-3-15-5-8(6-16)12-14-15/h4-5,16H,2-3,6H2,1H3,(H,11,13,17). The Morgan fingerprint density at radius 2 is 2.44 bits per heavy atom. The first-order valence-corrected chi connectivity index (χ1v) is 5.40. The molecule has 8 nitrogen and oxygen atoms in total. The summed E-state index contributed by atoms with van der Waals surface area (Å²) >= 11 is 0. The minimum Gasteiger partial charge on any atom is -0.390 e. The van der Waals surface area contributed by atoms with Crippen molar-refractivity contribution in [3.05, 3.63) is 23.7 Å². The zero-order chi connectivity index (χ0) is 13.0. The summed E-state index contributed by atoms with van der Waals surface area (Å²) in [6, 6.07) is 1.64. The first-order valence-electron chi connectivity index (χ1n) is 5.40. The fourth-order valence-electron chi connectivity index (χ4n) is 1.37. The Hall–Kier alpha value is -2.22. The molecule has 0 radical (unpaired) electrons. The van der Waals surface area contributed by atoms with Gasteiger partial charge in [0.25, 0.3) is 0 Å². The van der Waals surface area contributed by atoms with E-state index in [1.807, 2.05) is 0 Å². The molecule has 0 bridgehead atoms. The fourth-order valence-corrected chi connectivity index (χ4v) is 1.37. The summed E-state index contributed by atoms with van der Waals surface area (Å²) in [6.07, 6.45) is 1.83. The van der Waals surface area contributed by atoms with Crippen LogP contribution in [-0.2, 0) is 17.9 Å². The number of aromatic nitrogens is 4. The number of aryl methyl sites for hydroxylation is 2. The molecule has 1 amide bonds. The van der Waals surface area contributed by atoms with Crippen LogP contribution in [0.3, 0.4) is 0 Å². The van der Waals surface area contributed by atoms with Gasteiger partial charge in [-0.3, -0.25) is 9.48 Å². The Labute approximate surface area is 103 Å². The molecule has 0 saturated carbocycles. The number of nitrogens with zero attached hydrogens (tertiary/aromatic N) is 4. The average molecular weight is 251 g/mol. The van der Waals surface area contributed by atoms with Crippen molar-refractivity contribution in [1.29, 1.82) is 0 Å². The Morgan fingerprint density at radius 1 is 1.61 bits per heavy atom. The third-order valence-corrected chi connectivity index (χ3v) is 2.21. The van der Waals surface area contributed by atoms with Gasteiger partial charge in [-0.15, -0.1) is 5.10 Å². The van der Waals surface area contributed by atoms with E-state index >= 15 is 0 Å². The summed E-state index contributed by atoms with van der Waals surface area (Å²) < 4.78 is 6.33. The molecule has 18 heavy (non-hydrogen) atoms. The highest BCUT2D eigenvalue weighted by Crippen LogP contribution is 2.07. The minimum absolute atomic E-state index is 0.162. The van der Waals surface area contributed by atoms with Crippen molar-refractivity contribution in [3.63, 3.8) is 0 Å². The molecule has 0 aliphatic heterocycles. The van der Waals surface area contributed by atoms with Crippen LogP contribution < -0.4 is 5.32 Å². The van der Waals surface area contributed by atoms with Crippen LogP contribution in [0.5, 0.6) is 0 Å². The maximum atomic E-state index is 11.6. The van der Waals surface area contributed by atoms with Crippen molar-refractivity contribution in [2.45, 2.75) is 26.5 Å². The predicted octanol–water partition coefficient (Wildman–Crippen LogP) is 0.0956. The third kappa shape index (κ3) is 3.14. The van der Waals surface area contributed by atoms with Gasteiger partial charge in [0.2, 0.25) is 5.91 Å². The van der Waals surface area contributed by atoms with E-state index < -0.39 is 0 Å². The number of hydrogen-bond acceptors (Lipinski definition) is 6. The van der Waals surface area contributed by atoms with Crippen LogP contribution in [0.15, 0.2) is 16.8 Å². The summed E-state index contributed by atoms with van der Waals surface area (Å²) in [6.45, 7) is 1.97. The molecule has 0 spiro atoms. The lowest BCUT2D eigenvalue weighted by molar-refractivity contribution is -0.116. The molecule has 0 aliphatic carbocycles. The lowest BCUT2D eigenvalue weighted by atomic mass is 10.4. The number of carbonyl (C=O) groups is 1. The second-order valence-electron chi connectivity index (χ2n) is 3.75. The number of aliphatic hydroxyl groups is 1. The minimum atomic E-state index is -0.190. The second-order valence-corrected chi connectivity index (χ2v) is 3.75. The lowest BCUT2D eigenvalue weighted by Gasteiger charge is -2.00.